The predicted octanol–water partition coefficient (Wildman–Crippen LogP) is 3.17. The highest BCUT2D eigenvalue weighted by Crippen LogP contribution is 2.22. The Morgan fingerprint density at radius 3 is 2.55 bits per heavy atom. The zero-order valence-corrected chi connectivity index (χ0v) is 7.90. The van der Waals surface area contributed by atoms with Crippen LogP contribution in [-0.4, -0.2) is 5.75 Å². The molecule has 0 aromatic rings. The first kappa shape index (κ1) is 10.7. The second-order valence-corrected chi connectivity index (χ2v) is 3.20. The van der Waals surface area contributed by atoms with E-state index >= 15 is 0 Å². The Hall–Kier alpha value is -0.300. The number of carbonyl (C=O) groups is 1. The molecule has 2 heteroatoms. The summed E-state index contributed by atoms with van der Waals surface area (Å²) in [6.07, 6.45) is 6.41. The van der Waals surface area contributed by atoms with Gasteiger partial charge in [0, 0.05) is 0 Å². The van der Waals surface area contributed by atoms with Gasteiger partial charge >= 0.3 is 0 Å². The summed E-state index contributed by atoms with van der Waals surface area (Å²) in [5.41, 5.74) is 1.59. The Morgan fingerprint density at radius 2 is 2.27 bits per heavy atom. The van der Waals surface area contributed by atoms with Gasteiger partial charge in [-0.25, -0.2) is 0 Å². The third-order valence-electron chi connectivity index (χ3n) is 1.82. The molecule has 11 heavy (non-hydrogen) atoms. The van der Waals surface area contributed by atoms with Crippen LogP contribution in [0.4, 0.5) is 0 Å². The molecule has 0 N–H and O–H groups in total. The molecule has 0 saturated heterocycles. The Kier molecular flexibility index (Phi) is 6.24. The first-order valence-electron chi connectivity index (χ1n) is 3.90. The number of hydrogen-bond donors (Lipinski definition) is 0. The van der Waals surface area contributed by atoms with Crippen LogP contribution in [0.3, 0.4) is 0 Å². The van der Waals surface area contributed by atoms with Crippen LogP contribution < -0.4 is 0 Å². The fraction of sp³-hybridized carbons (Fsp3) is 0.667. The van der Waals surface area contributed by atoms with E-state index in [1.54, 1.807) is 5.57 Å². The molecular weight excluding hydrogens is 160 g/mol. The van der Waals surface area contributed by atoms with Gasteiger partial charge in [0.15, 0.2) is 0 Å². The van der Waals surface area contributed by atoms with Gasteiger partial charge in [-0.3, -0.25) is 4.79 Å². The molecule has 1 rings (SSSR count). The normalized spacial score (nSPS) is 22.8. The fourth-order valence-corrected chi connectivity index (χ4v) is 1.35. The maximum Gasteiger partial charge on any atom is 0.208 e. The Balaban J connectivity index is 0.000000292. The predicted molar refractivity (Wildman–Crippen MR) is 49.4 cm³/mol. The molecule has 0 radical (unpaired) electrons. The third-order valence-corrected chi connectivity index (χ3v) is 1.82. The van der Waals surface area contributed by atoms with Crippen molar-refractivity contribution < 1.29 is 4.79 Å². The lowest BCUT2D eigenvalue weighted by Crippen LogP contribution is -1.99. The van der Waals surface area contributed by atoms with E-state index in [0.29, 0.717) is 0 Å². The molecule has 0 fully saturated rings. The molecule has 0 aromatic heterocycles. The first-order valence-corrected chi connectivity index (χ1v) is 4.33. The first-order chi connectivity index (χ1) is 5.20. The van der Waals surface area contributed by atoms with Gasteiger partial charge in [0.25, 0.3) is 0 Å². The summed E-state index contributed by atoms with van der Waals surface area (Å²) in [6, 6.07) is 0. The van der Waals surface area contributed by atoms with Gasteiger partial charge in [-0.05, 0) is 43.7 Å². The summed E-state index contributed by atoms with van der Waals surface area (Å²) in [5.74, 6) is 1.17. The number of rotatable bonds is 0. The van der Waals surface area contributed by atoms with Gasteiger partial charge in [0.2, 0.25) is 5.75 Å². The van der Waals surface area contributed by atoms with E-state index in [4.69, 9.17) is 4.79 Å². The summed E-state index contributed by atoms with van der Waals surface area (Å²) >= 11 is 4.32. The standard InChI is InChI=1S/C8H14.CHClO/c1-7-4-3-5-8(2)6-7;2-1-3/h4,8H,3,5-6H2,1-2H3;1H. The molecule has 1 aliphatic carbocycles. The topological polar surface area (TPSA) is 17.1 Å². The SMILES string of the molecule is CC1=CCCC(C)C1.O=CCl. The molecule has 0 saturated carbocycles. The number of carbonyl (C=O) groups excluding carboxylic acids is 1. The highest BCUT2D eigenvalue weighted by atomic mass is 35.5. The molecule has 1 atom stereocenters. The Labute approximate surface area is 73.4 Å². The van der Waals surface area contributed by atoms with E-state index in [0.717, 1.165) is 5.92 Å². The minimum atomic E-state index is 0.222. The van der Waals surface area contributed by atoms with Crippen molar-refractivity contribution in [1.82, 2.24) is 0 Å². The molecule has 0 aromatic carbocycles. The van der Waals surface area contributed by atoms with Gasteiger partial charge in [0.05, 0.1) is 0 Å². The molecule has 1 unspecified atom stereocenters. The van der Waals surface area contributed by atoms with Crippen LogP contribution in [0.5, 0.6) is 0 Å². The second kappa shape index (κ2) is 6.41. The van der Waals surface area contributed by atoms with Crippen molar-refractivity contribution >= 4 is 17.3 Å². The number of hydrogen-bond acceptors (Lipinski definition) is 1. The van der Waals surface area contributed by atoms with Crippen LogP contribution in [0.2, 0.25) is 0 Å². The lowest BCUT2D eigenvalue weighted by molar-refractivity contribution is 0.510. The van der Waals surface area contributed by atoms with E-state index in [1.807, 2.05) is 0 Å². The molecule has 1 nitrogen and oxygen atoms in total. The molecule has 64 valence electrons. The van der Waals surface area contributed by atoms with Crippen molar-refractivity contribution in [3.8, 4) is 0 Å². The molecule has 0 aliphatic heterocycles. The lowest BCUT2D eigenvalue weighted by Gasteiger charge is -2.15. The van der Waals surface area contributed by atoms with Crippen LogP contribution in [0.1, 0.15) is 33.1 Å². The van der Waals surface area contributed by atoms with Crippen molar-refractivity contribution in [2.45, 2.75) is 33.1 Å². The van der Waals surface area contributed by atoms with Crippen LogP contribution >= 0.6 is 11.6 Å². The van der Waals surface area contributed by atoms with Crippen LogP contribution in [0.15, 0.2) is 11.6 Å². The van der Waals surface area contributed by atoms with Gasteiger partial charge in [-0.15, -0.1) is 0 Å². The van der Waals surface area contributed by atoms with Crippen LogP contribution in [0, 0.1) is 5.92 Å². The Morgan fingerprint density at radius 1 is 1.73 bits per heavy atom. The zero-order chi connectivity index (χ0) is 8.69. The minimum absolute atomic E-state index is 0.222. The number of halogens is 1. The number of allylic oxidation sites excluding steroid dienone is 2. The van der Waals surface area contributed by atoms with Crippen LogP contribution in [0.25, 0.3) is 0 Å². The minimum Gasteiger partial charge on any atom is -0.285 e. The maximum absolute atomic E-state index is 8.57. The molecule has 0 amide bonds. The van der Waals surface area contributed by atoms with E-state index in [2.05, 4.69) is 31.5 Å². The molecular formula is C9H15ClO. The summed E-state index contributed by atoms with van der Waals surface area (Å²) in [6.45, 7) is 4.56. The largest absolute Gasteiger partial charge is 0.285 e. The highest BCUT2D eigenvalue weighted by Gasteiger charge is 2.05. The van der Waals surface area contributed by atoms with Gasteiger partial charge in [-0.2, -0.15) is 0 Å². The average molecular weight is 175 g/mol. The monoisotopic (exact) mass is 174 g/mol. The smallest absolute Gasteiger partial charge is 0.208 e. The van der Waals surface area contributed by atoms with Crippen molar-refractivity contribution in [3.05, 3.63) is 11.6 Å². The highest BCUT2D eigenvalue weighted by molar-refractivity contribution is 6.54. The Bertz CT molecular complexity index is 140. The van der Waals surface area contributed by atoms with Crippen molar-refractivity contribution in [1.29, 1.82) is 0 Å². The summed E-state index contributed by atoms with van der Waals surface area (Å²) < 4.78 is 0. The average Bonchev–Trinajstić information content (AvgIpc) is 1.88. The van der Waals surface area contributed by atoms with Gasteiger partial charge in [0.1, 0.15) is 0 Å². The van der Waals surface area contributed by atoms with Crippen molar-refractivity contribution in [3.63, 3.8) is 0 Å². The van der Waals surface area contributed by atoms with E-state index in [1.165, 1.54) is 19.3 Å². The lowest BCUT2D eigenvalue weighted by atomic mass is 9.91. The maximum atomic E-state index is 8.57. The molecule has 0 bridgehead atoms. The van der Waals surface area contributed by atoms with E-state index in [-0.39, 0.29) is 5.75 Å². The molecule has 0 heterocycles. The summed E-state index contributed by atoms with van der Waals surface area (Å²) in [5, 5.41) is 0. The van der Waals surface area contributed by atoms with Crippen LogP contribution in [-0.2, 0) is 4.79 Å². The third kappa shape index (κ3) is 6.11. The van der Waals surface area contributed by atoms with Gasteiger partial charge < -0.3 is 0 Å². The quantitative estimate of drug-likeness (QED) is 0.313. The van der Waals surface area contributed by atoms with Crippen molar-refractivity contribution in [2.24, 2.45) is 5.92 Å². The zero-order valence-electron chi connectivity index (χ0n) is 7.14. The molecule has 0 spiro atoms. The van der Waals surface area contributed by atoms with E-state index < -0.39 is 0 Å². The van der Waals surface area contributed by atoms with Gasteiger partial charge in [-0.1, -0.05) is 18.6 Å². The van der Waals surface area contributed by atoms with Crippen molar-refractivity contribution in [2.75, 3.05) is 0 Å². The summed E-state index contributed by atoms with van der Waals surface area (Å²) in [4.78, 5) is 8.57. The molecule has 1 aliphatic rings. The van der Waals surface area contributed by atoms with E-state index in [9.17, 15) is 0 Å². The fourth-order valence-electron chi connectivity index (χ4n) is 1.35. The summed E-state index contributed by atoms with van der Waals surface area (Å²) in [7, 11) is 0. The second-order valence-electron chi connectivity index (χ2n) is 3.03.